The van der Waals surface area contributed by atoms with Crippen molar-refractivity contribution in [2.24, 2.45) is 0 Å². The molecule has 2 aromatic carbocycles. The van der Waals surface area contributed by atoms with Gasteiger partial charge in [-0.15, -0.1) is 0 Å². The molecule has 2 aliphatic carbocycles. The SMILES string of the molecule is O=C(O)C1=C(N(Cc2ccccc2)c2c3c(nc4ccccc24)CCCC3)CCCC1. The lowest BCUT2D eigenvalue weighted by atomic mass is 9.90. The first-order chi connectivity index (χ1) is 15.2. The zero-order valence-corrected chi connectivity index (χ0v) is 17.8. The van der Waals surface area contributed by atoms with E-state index < -0.39 is 5.97 Å². The monoisotopic (exact) mass is 412 g/mol. The highest BCUT2D eigenvalue weighted by Gasteiger charge is 2.28. The minimum atomic E-state index is -0.778. The lowest BCUT2D eigenvalue weighted by Gasteiger charge is -2.35. The Kier molecular flexibility index (Phi) is 5.46. The fourth-order valence-electron chi connectivity index (χ4n) is 5.15. The van der Waals surface area contributed by atoms with Crippen LogP contribution in [-0.4, -0.2) is 16.1 Å². The summed E-state index contributed by atoms with van der Waals surface area (Å²) in [6, 6.07) is 18.7. The molecule has 0 radical (unpaired) electrons. The normalized spacial score (nSPS) is 16.3. The molecule has 158 valence electrons. The minimum Gasteiger partial charge on any atom is -0.478 e. The van der Waals surface area contributed by atoms with E-state index in [9.17, 15) is 9.90 Å². The number of benzene rings is 2. The Hall–Kier alpha value is -3.14. The standard InChI is InChI=1S/C27H28N2O2/c30-27(31)22-14-6-9-17-25(22)29(18-19-10-2-1-3-11-19)26-20-12-4-7-15-23(20)28-24-16-8-5-13-21(24)26/h1-4,7,10-12,15H,5-6,8-9,13-14,16-18H2,(H,30,31). The molecule has 4 heteroatoms. The number of allylic oxidation sites excluding steroid dienone is 1. The number of hydrogen-bond acceptors (Lipinski definition) is 3. The lowest BCUT2D eigenvalue weighted by Crippen LogP contribution is -2.29. The van der Waals surface area contributed by atoms with Crippen LogP contribution >= 0.6 is 0 Å². The Morgan fingerprint density at radius 1 is 0.871 bits per heavy atom. The Bertz CT molecular complexity index is 1150. The number of pyridine rings is 1. The van der Waals surface area contributed by atoms with E-state index in [1.165, 1.54) is 28.9 Å². The third kappa shape index (κ3) is 3.83. The summed E-state index contributed by atoms with van der Waals surface area (Å²) in [5.41, 5.74) is 7.43. The molecule has 0 amide bonds. The second kappa shape index (κ2) is 8.54. The second-order valence-electron chi connectivity index (χ2n) is 8.62. The van der Waals surface area contributed by atoms with Crippen molar-refractivity contribution in [3.63, 3.8) is 0 Å². The number of rotatable bonds is 5. The van der Waals surface area contributed by atoms with Crippen LogP contribution in [0.5, 0.6) is 0 Å². The molecule has 31 heavy (non-hydrogen) atoms. The van der Waals surface area contributed by atoms with E-state index in [1.54, 1.807) is 0 Å². The van der Waals surface area contributed by atoms with Crippen molar-refractivity contribution in [1.82, 2.24) is 4.98 Å². The molecule has 0 fully saturated rings. The highest BCUT2D eigenvalue weighted by atomic mass is 16.4. The number of carboxylic acid groups (broad SMARTS) is 1. The number of anilines is 1. The number of aliphatic carboxylic acids is 1. The van der Waals surface area contributed by atoms with Gasteiger partial charge in [-0.25, -0.2) is 4.79 Å². The highest BCUT2D eigenvalue weighted by Crippen LogP contribution is 2.41. The maximum absolute atomic E-state index is 12.2. The number of carbonyl (C=O) groups is 1. The first-order valence-electron chi connectivity index (χ1n) is 11.4. The third-order valence-corrected chi connectivity index (χ3v) is 6.62. The topological polar surface area (TPSA) is 53.4 Å². The number of nitrogens with zero attached hydrogens (tertiary/aromatic N) is 2. The molecule has 5 rings (SSSR count). The number of aryl methyl sites for hydroxylation is 1. The molecular weight excluding hydrogens is 384 g/mol. The van der Waals surface area contributed by atoms with Crippen molar-refractivity contribution < 1.29 is 9.90 Å². The Balaban J connectivity index is 1.77. The smallest absolute Gasteiger partial charge is 0.333 e. The Morgan fingerprint density at radius 2 is 1.58 bits per heavy atom. The van der Waals surface area contributed by atoms with Crippen LogP contribution in [0, 0.1) is 0 Å². The number of hydrogen-bond donors (Lipinski definition) is 1. The molecule has 3 aromatic rings. The Labute approximate surface area is 183 Å². The molecule has 0 saturated heterocycles. The van der Waals surface area contributed by atoms with E-state index in [0.29, 0.717) is 18.5 Å². The van der Waals surface area contributed by atoms with E-state index in [0.717, 1.165) is 55.1 Å². The summed E-state index contributed by atoms with van der Waals surface area (Å²) in [6.45, 7) is 0.674. The summed E-state index contributed by atoms with van der Waals surface area (Å²) >= 11 is 0. The molecule has 0 spiro atoms. The van der Waals surface area contributed by atoms with Gasteiger partial charge < -0.3 is 10.0 Å². The van der Waals surface area contributed by atoms with Crippen molar-refractivity contribution in [3.05, 3.63) is 82.7 Å². The first kappa shape index (κ1) is 19.8. The van der Waals surface area contributed by atoms with E-state index in [1.807, 2.05) is 12.1 Å². The van der Waals surface area contributed by atoms with Crippen molar-refractivity contribution in [2.45, 2.75) is 57.9 Å². The van der Waals surface area contributed by atoms with Crippen LogP contribution in [-0.2, 0) is 24.2 Å². The average molecular weight is 413 g/mol. The largest absolute Gasteiger partial charge is 0.478 e. The van der Waals surface area contributed by atoms with Gasteiger partial charge in [0.15, 0.2) is 0 Å². The lowest BCUT2D eigenvalue weighted by molar-refractivity contribution is -0.133. The van der Waals surface area contributed by atoms with Crippen LogP contribution in [0.15, 0.2) is 65.9 Å². The predicted molar refractivity (Wildman–Crippen MR) is 124 cm³/mol. The number of para-hydroxylation sites is 1. The summed E-state index contributed by atoms with van der Waals surface area (Å²) < 4.78 is 0. The van der Waals surface area contributed by atoms with Gasteiger partial charge in [0.25, 0.3) is 0 Å². The van der Waals surface area contributed by atoms with Crippen LogP contribution in [0.1, 0.15) is 55.3 Å². The van der Waals surface area contributed by atoms with Crippen LogP contribution < -0.4 is 4.90 Å². The molecule has 0 aliphatic heterocycles. The first-order valence-corrected chi connectivity index (χ1v) is 11.4. The highest BCUT2D eigenvalue weighted by molar-refractivity contribution is 5.96. The third-order valence-electron chi connectivity index (χ3n) is 6.62. The van der Waals surface area contributed by atoms with Gasteiger partial charge in [-0.3, -0.25) is 4.98 Å². The van der Waals surface area contributed by atoms with E-state index in [4.69, 9.17) is 4.98 Å². The van der Waals surface area contributed by atoms with Gasteiger partial charge in [0, 0.05) is 23.3 Å². The molecule has 0 atom stereocenters. The summed E-state index contributed by atoms with van der Waals surface area (Å²) in [4.78, 5) is 19.5. The average Bonchev–Trinajstić information content (AvgIpc) is 2.82. The molecule has 1 heterocycles. The quantitative estimate of drug-likeness (QED) is 0.556. The van der Waals surface area contributed by atoms with Gasteiger partial charge in [-0.2, -0.15) is 0 Å². The van der Waals surface area contributed by atoms with Gasteiger partial charge in [0.05, 0.1) is 16.8 Å². The molecule has 1 aromatic heterocycles. The fourth-order valence-corrected chi connectivity index (χ4v) is 5.15. The summed E-state index contributed by atoms with van der Waals surface area (Å²) in [6.07, 6.45) is 7.74. The van der Waals surface area contributed by atoms with Crippen LogP contribution in [0.25, 0.3) is 10.9 Å². The molecular formula is C27H28N2O2. The summed E-state index contributed by atoms with van der Waals surface area (Å²) in [5.74, 6) is -0.778. The summed E-state index contributed by atoms with van der Waals surface area (Å²) in [5, 5.41) is 11.2. The van der Waals surface area contributed by atoms with Gasteiger partial charge in [-0.05, 0) is 68.6 Å². The van der Waals surface area contributed by atoms with E-state index in [-0.39, 0.29) is 0 Å². The maximum Gasteiger partial charge on any atom is 0.333 e. The van der Waals surface area contributed by atoms with Crippen molar-refractivity contribution >= 4 is 22.6 Å². The van der Waals surface area contributed by atoms with E-state index >= 15 is 0 Å². The van der Waals surface area contributed by atoms with Gasteiger partial charge >= 0.3 is 5.97 Å². The van der Waals surface area contributed by atoms with Crippen molar-refractivity contribution in [2.75, 3.05) is 4.90 Å². The number of carboxylic acids is 1. The van der Waals surface area contributed by atoms with Gasteiger partial charge in [-0.1, -0.05) is 48.5 Å². The van der Waals surface area contributed by atoms with Crippen molar-refractivity contribution in [3.8, 4) is 0 Å². The molecule has 0 bridgehead atoms. The summed E-state index contributed by atoms with van der Waals surface area (Å²) in [7, 11) is 0. The van der Waals surface area contributed by atoms with Crippen LogP contribution in [0.3, 0.4) is 0 Å². The zero-order chi connectivity index (χ0) is 21.2. The predicted octanol–water partition coefficient (Wildman–Crippen LogP) is 6.03. The molecule has 0 unspecified atom stereocenters. The Morgan fingerprint density at radius 3 is 2.42 bits per heavy atom. The second-order valence-corrected chi connectivity index (χ2v) is 8.62. The van der Waals surface area contributed by atoms with Crippen LogP contribution in [0.2, 0.25) is 0 Å². The van der Waals surface area contributed by atoms with Crippen molar-refractivity contribution in [1.29, 1.82) is 0 Å². The van der Waals surface area contributed by atoms with E-state index in [2.05, 4.69) is 47.4 Å². The minimum absolute atomic E-state index is 0.577. The maximum atomic E-state index is 12.2. The number of aromatic nitrogens is 1. The van der Waals surface area contributed by atoms with Gasteiger partial charge in [0.2, 0.25) is 0 Å². The van der Waals surface area contributed by atoms with Gasteiger partial charge in [0.1, 0.15) is 0 Å². The molecule has 1 N–H and O–H groups in total. The van der Waals surface area contributed by atoms with Crippen LogP contribution in [0.4, 0.5) is 5.69 Å². The molecule has 2 aliphatic rings. The number of fused-ring (bicyclic) bond motifs is 2. The molecule has 0 saturated carbocycles. The zero-order valence-electron chi connectivity index (χ0n) is 17.8. The fraction of sp³-hybridized carbons (Fsp3) is 0.333. The molecule has 4 nitrogen and oxygen atoms in total.